The predicted molar refractivity (Wildman–Crippen MR) is 61.2 cm³/mol. The molecule has 17 heavy (non-hydrogen) atoms. The van der Waals surface area contributed by atoms with E-state index in [1.54, 1.807) is 6.92 Å². The van der Waals surface area contributed by atoms with Crippen molar-refractivity contribution in [2.75, 3.05) is 13.7 Å². The lowest BCUT2D eigenvalue weighted by molar-refractivity contribution is -0.138. The lowest BCUT2D eigenvalue weighted by Gasteiger charge is -2.19. The number of halogens is 4. The number of hydrogen-bond acceptors (Lipinski definition) is 2. The molecule has 0 spiro atoms. The number of alkyl halides is 3. The molecule has 0 saturated carbocycles. The van der Waals surface area contributed by atoms with Gasteiger partial charge in [-0.15, -0.1) is 0 Å². The highest BCUT2D eigenvalue weighted by molar-refractivity contribution is 9.10. The summed E-state index contributed by atoms with van der Waals surface area (Å²) in [5.41, 5.74) is -0.513. The fraction of sp³-hybridized carbons (Fsp3) is 0.455. The zero-order valence-corrected chi connectivity index (χ0v) is 10.9. The lowest BCUT2D eigenvalue weighted by Crippen LogP contribution is -2.11. The highest BCUT2D eigenvalue weighted by atomic mass is 79.9. The van der Waals surface area contributed by atoms with E-state index in [9.17, 15) is 13.2 Å². The van der Waals surface area contributed by atoms with Crippen molar-refractivity contribution in [2.45, 2.75) is 19.0 Å². The molecule has 1 unspecified atom stereocenters. The maximum atomic E-state index is 12.8. The Bertz CT molecular complexity index is 404. The highest BCUT2D eigenvalue weighted by Crippen LogP contribution is 2.42. The standard InChI is InChI=1S/C11H12BrF3O2/c1-6(5-16)8-3-7(12)4-9(10(8)17-2)11(13,14)15/h3-4,6,16H,5H2,1-2H3. The van der Waals surface area contributed by atoms with Crippen LogP contribution in [0.4, 0.5) is 13.2 Å². The first kappa shape index (κ1) is 14.3. The molecule has 1 N–H and O–H groups in total. The molecule has 0 bridgehead atoms. The summed E-state index contributed by atoms with van der Waals surface area (Å²) < 4.78 is 43.5. The molecule has 0 aliphatic rings. The second-order valence-corrected chi connectivity index (χ2v) is 4.57. The number of aliphatic hydroxyl groups is 1. The van der Waals surface area contributed by atoms with Crippen LogP contribution in [0.5, 0.6) is 5.75 Å². The van der Waals surface area contributed by atoms with Gasteiger partial charge in [0.05, 0.1) is 12.7 Å². The number of benzene rings is 1. The van der Waals surface area contributed by atoms with Crippen LogP contribution in [0.25, 0.3) is 0 Å². The van der Waals surface area contributed by atoms with Gasteiger partial charge in [0.1, 0.15) is 5.75 Å². The second-order valence-electron chi connectivity index (χ2n) is 3.66. The topological polar surface area (TPSA) is 29.5 Å². The van der Waals surface area contributed by atoms with Crippen molar-refractivity contribution < 1.29 is 23.0 Å². The first-order valence-electron chi connectivity index (χ1n) is 4.86. The smallest absolute Gasteiger partial charge is 0.420 e. The van der Waals surface area contributed by atoms with Crippen LogP contribution < -0.4 is 4.74 Å². The van der Waals surface area contributed by atoms with Gasteiger partial charge in [-0.05, 0) is 12.1 Å². The summed E-state index contributed by atoms with van der Waals surface area (Å²) in [6.07, 6.45) is -4.49. The fourth-order valence-electron chi connectivity index (χ4n) is 1.52. The summed E-state index contributed by atoms with van der Waals surface area (Å²) in [6, 6.07) is 2.49. The third-order valence-corrected chi connectivity index (χ3v) is 2.85. The van der Waals surface area contributed by atoms with Crippen LogP contribution >= 0.6 is 15.9 Å². The molecule has 0 fully saturated rings. The lowest BCUT2D eigenvalue weighted by atomic mass is 9.98. The molecule has 2 nitrogen and oxygen atoms in total. The minimum Gasteiger partial charge on any atom is -0.496 e. The van der Waals surface area contributed by atoms with Gasteiger partial charge in [-0.2, -0.15) is 13.2 Å². The van der Waals surface area contributed by atoms with Gasteiger partial charge in [0.25, 0.3) is 0 Å². The summed E-state index contributed by atoms with van der Waals surface area (Å²) in [5.74, 6) is -0.661. The molecule has 0 heterocycles. The Morgan fingerprint density at radius 3 is 2.41 bits per heavy atom. The van der Waals surface area contributed by atoms with Crippen LogP contribution in [0.1, 0.15) is 24.0 Å². The van der Waals surface area contributed by atoms with E-state index >= 15 is 0 Å². The Kier molecular flexibility index (Phi) is 4.43. The van der Waals surface area contributed by atoms with Crippen LogP contribution in [0.15, 0.2) is 16.6 Å². The molecule has 1 rings (SSSR count). The largest absolute Gasteiger partial charge is 0.496 e. The molecule has 0 saturated heterocycles. The Morgan fingerprint density at radius 2 is 2.00 bits per heavy atom. The number of aliphatic hydroxyl groups excluding tert-OH is 1. The molecule has 1 atom stereocenters. The van der Waals surface area contributed by atoms with Crippen LogP contribution in [-0.4, -0.2) is 18.8 Å². The minimum atomic E-state index is -4.49. The van der Waals surface area contributed by atoms with Crippen LogP contribution in [0.2, 0.25) is 0 Å². The summed E-state index contributed by atoms with van der Waals surface area (Å²) in [4.78, 5) is 0. The number of ether oxygens (including phenoxy) is 1. The predicted octanol–water partition coefficient (Wildman–Crippen LogP) is 3.57. The Labute approximate surface area is 106 Å². The molecule has 0 aliphatic heterocycles. The minimum absolute atomic E-state index is 0.234. The van der Waals surface area contributed by atoms with Crippen molar-refractivity contribution in [1.29, 1.82) is 0 Å². The van der Waals surface area contributed by atoms with Crippen LogP contribution in [-0.2, 0) is 6.18 Å². The van der Waals surface area contributed by atoms with Gasteiger partial charge >= 0.3 is 6.18 Å². The molecular weight excluding hydrogens is 301 g/mol. The van der Waals surface area contributed by atoms with Gasteiger partial charge < -0.3 is 9.84 Å². The van der Waals surface area contributed by atoms with Crippen molar-refractivity contribution in [3.63, 3.8) is 0 Å². The molecule has 0 radical (unpaired) electrons. The summed E-state index contributed by atoms with van der Waals surface area (Å²) in [7, 11) is 1.19. The summed E-state index contributed by atoms with van der Waals surface area (Å²) in [5, 5.41) is 9.04. The SMILES string of the molecule is COc1c(C(C)CO)cc(Br)cc1C(F)(F)F. The second kappa shape index (κ2) is 5.27. The van der Waals surface area contributed by atoms with Gasteiger partial charge in [-0.25, -0.2) is 0 Å². The van der Waals surface area contributed by atoms with Gasteiger partial charge in [0, 0.05) is 22.6 Å². The van der Waals surface area contributed by atoms with Gasteiger partial charge in [0.2, 0.25) is 0 Å². The summed E-state index contributed by atoms with van der Waals surface area (Å²) >= 11 is 3.03. The van der Waals surface area contributed by atoms with E-state index in [-0.39, 0.29) is 12.4 Å². The van der Waals surface area contributed by atoms with E-state index in [0.717, 1.165) is 6.07 Å². The van der Waals surface area contributed by atoms with E-state index in [2.05, 4.69) is 15.9 Å². The van der Waals surface area contributed by atoms with Crippen molar-refractivity contribution in [2.24, 2.45) is 0 Å². The van der Waals surface area contributed by atoms with Crippen molar-refractivity contribution >= 4 is 15.9 Å². The van der Waals surface area contributed by atoms with Crippen LogP contribution in [0.3, 0.4) is 0 Å². The third kappa shape index (κ3) is 3.13. The molecule has 0 aromatic heterocycles. The van der Waals surface area contributed by atoms with E-state index in [1.165, 1.54) is 13.2 Å². The molecule has 6 heteroatoms. The van der Waals surface area contributed by atoms with Crippen molar-refractivity contribution in [1.82, 2.24) is 0 Å². The first-order valence-corrected chi connectivity index (χ1v) is 5.66. The van der Waals surface area contributed by atoms with E-state index in [4.69, 9.17) is 9.84 Å². The molecule has 0 aliphatic carbocycles. The zero-order valence-electron chi connectivity index (χ0n) is 9.31. The monoisotopic (exact) mass is 312 g/mol. The van der Waals surface area contributed by atoms with Crippen LogP contribution in [0, 0.1) is 0 Å². The first-order chi connectivity index (χ1) is 7.81. The van der Waals surface area contributed by atoms with E-state index < -0.39 is 17.7 Å². The van der Waals surface area contributed by atoms with Gasteiger partial charge in [-0.1, -0.05) is 22.9 Å². The normalized spacial score (nSPS) is 13.6. The Balaban J connectivity index is 3.46. The van der Waals surface area contributed by atoms with Gasteiger partial charge in [-0.3, -0.25) is 0 Å². The Morgan fingerprint density at radius 1 is 1.41 bits per heavy atom. The summed E-state index contributed by atoms with van der Waals surface area (Å²) in [6.45, 7) is 1.38. The molecule has 1 aromatic carbocycles. The maximum absolute atomic E-state index is 12.8. The average molecular weight is 313 g/mol. The average Bonchev–Trinajstić information content (AvgIpc) is 2.25. The molecular formula is C11H12BrF3O2. The van der Waals surface area contributed by atoms with E-state index in [1.807, 2.05) is 0 Å². The molecule has 96 valence electrons. The third-order valence-electron chi connectivity index (χ3n) is 2.40. The quantitative estimate of drug-likeness (QED) is 0.924. The number of rotatable bonds is 3. The van der Waals surface area contributed by atoms with Crippen molar-refractivity contribution in [3.8, 4) is 5.75 Å². The van der Waals surface area contributed by atoms with E-state index in [0.29, 0.717) is 10.0 Å². The number of hydrogen-bond donors (Lipinski definition) is 1. The highest BCUT2D eigenvalue weighted by Gasteiger charge is 2.36. The maximum Gasteiger partial charge on any atom is 0.420 e. The van der Waals surface area contributed by atoms with Gasteiger partial charge in [0.15, 0.2) is 0 Å². The van der Waals surface area contributed by atoms with Crippen molar-refractivity contribution in [3.05, 3.63) is 27.7 Å². The molecule has 1 aromatic rings. The Hall–Kier alpha value is -0.750. The zero-order chi connectivity index (χ0) is 13.2. The molecule has 0 amide bonds. The number of methoxy groups -OCH3 is 1. The fourth-order valence-corrected chi connectivity index (χ4v) is 1.99.